The van der Waals surface area contributed by atoms with E-state index in [9.17, 15) is 15.0 Å². The minimum absolute atomic E-state index is 0.0438. The fraction of sp³-hybridized carbons (Fsp3) is 0.842. The summed E-state index contributed by atoms with van der Waals surface area (Å²) in [5.74, 6) is 1.60. The standard InChI is InChI=1S/C19H27BrO3/c1-18-5-3-11(21)7-10(18)8-15(22)16-12(18)4-6-19(2)13(16)9-14(20)17(19)23/h3,5,10-16,21-22H,4,6-9H2,1-2H3/t10?,11?,12-,13+,14?,15?,16-,18+,19+/m1/s1. The van der Waals surface area contributed by atoms with Gasteiger partial charge in [-0.05, 0) is 61.2 Å². The van der Waals surface area contributed by atoms with Gasteiger partial charge in [-0.1, -0.05) is 41.9 Å². The zero-order valence-electron chi connectivity index (χ0n) is 13.9. The van der Waals surface area contributed by atoms with Crippen molar-refractivity contribution in [3.05, 3.63) is 12.2 Å². The number of aliphatic hydroxyl groups excluding tert-OH is 2. The average molecular weight is 383 g/mol. The third-order valence-corrected chi connectivity index (χ3v) is 8.67. The number of aliphatic hydroxyl groups is 2. The van der Waals surface area contributed by atoms with E-state index in [0.29, 0.717) is 17.6 Å². The lowest BCUT2D eigenvalue weighted by atomic mass is 9.45. The summed E-state index contributed by atoms with van der Waals surface area (Å²) >= 11 is 3.58. The van der Waals surface area contributed by atoms with Crippen molar-refractivity contribution in [2.75, 3.05) is 0 Å². The Labute approximate surface area is 146 Å². The molecular weight excluding hydrogens is 356 g/mol. The van der Waals surface area contributed by atoms with E-state index in [0.717, 1.165) is 32.1 Å². The maximum Gasteiger partial charge on any atom is 0.152 e. The van der Waals surface area contributed by atoms with Crippen molar-refractivity contribution in [3.63, 3.8) is 0 Å². The molecule has 4 aliphatic carbocycles. The highest BCUT2D eigenvalue weighted by Gasteiger charge is 2.63. The number of ketones is 1. The van der Waals surface area contributed by atoms with Gasteiger partial charge in [-0.15, -0.1) is 0 Å². The molecule has 0 bridgehead atoms. The van der Waals surface area contributed by atoms with Crippen molar-refractivity contribution in [2.24, 2.45) is 34.5 Å². The highest BCUT2D eigenvalue weighted by atomic mass is 79.9. The molecule has 9 atom stereocenters. The third-order valence-electron chi connectivity index (χ3n) is 7.88. The van der Waals surface area contributed by atoms with E-state index >= 15 is 0 Å². The minimum Gasteiger partial charge on any atom is -0.393 e. The number of fused-ring (bicyclic) bond motifs is 5. The molecular formula is C19H27BrO3. The van der Waals surface area contributed by atoms with Crippen molar-refractivity contribution in [3.8, 4) is 0 Å². The van der Waals surface area contributed by atoms with Crippen LogP contribution in [0.4, 0.5) is 0 Å². The summed E-state index contributed by atoms with van der Waals surface area (Å²) in [5, 5.41) is 20.9. The van der Waals surface area contributed by atoms with Crippen LogP contribution in [0.15, 0.2) is 12.2 Å². The molecule has 0 radical (unpaired) electrons. The molecule has 0 spiro atoms. The predicted octanol–water partition coefficient (Wildman–Crippen LogP) is 3.08. The molecule has 4 unspecified atom stereocenters. The predicted molar refractivity (Wildman–Crippen MR) is 92.1 cm³/mol. The van der Waals surface area contributed by atoms with Crippen LogP contribution in [0.25, 0.3) is 0 Å². The van der Waals surface area contributed by atoms with Crippen molar-refractivity contribution in [2.45, 2.75) is 63.0 Å². The summed E-state index contributed by atoms with van der Waals surface area (Å²) in [6, 6.07) is 0. The number of allylic oxidation sites excluding steroid dienone is 1. The SMILES string of the molecule is C[C@]12C=CC(O)CC1CC(O)[C@@H]1[C@H]2CC[C@]2(C)C(=O)C(Br)C[C@@H]12. The minimum atomic E-state index is -0.370. The molecule has 0 aromatic rings. The maximum atomic E-state index is 12.7. The van der Waals surface area contributed by atoms with Gasteiger partial charge in [0.2, 0.25) is 0 Å². The first-order valence-corrected chi connectivity index (χ1v) is 9.93. The van der Waals surface area contributed by atoms with Crippen LogP contribution in [0.5, 0.6) is 0 Å². The number of rotatable bonds is 0. The van der Waals surface area contributed by atoms with E-state index < -0.39 is 0 Å². The Hall–Kier alpha value is -0.190. The Bertz CT molecular complexity index is 561. The average Bonchev–Trinajstić information content (AvgIpc) is 2.73. The van der Waals surface area contributed by atoms with Crippen LogP contribution in [-0.2, 0) is 4.79 Å². The van der Waals surface area contributed by atoms with Gasteiger partial charge in [-0.3, -0.25) is 4.79 Å². The van der Waals surface area contributed by atoms with Gasteiger partial charge >= 0.3 is 0 Å². The van der Waals surface area contributed by atoms with Crippen molar-refractivity contribution < 1.29 is 15.0 Å². The Morgan fingerprint density at radius 2 is 1.91 bits per heavy atom. The van der Waals surface area contributed by atoms with Gasteiger partial charge in [0.25, 0.3) is 0 Å². The van der Waals surface area contributed by atoms with E-state index in [1.54, 1.807) is 0 Å². The zero-order chi connectivity index (χ0) is 16.6. The number of halogens is 1. The normalized spacial score (nSPS) is 58.5. The fourth-order valence-electron chi connectivity index (χ4n) is 6.51. The lowest BCUT2D eigenvalue weighted by Crippen LogP contribution is -2.57. The van der Waals surface area contributed by atoms with Crippen molar-refractivity contribution in [1.82, 2.24) is 0 Å². The number of carbonyl (C=O) groups is 1. The Balaban J connectivity index is 1.73. The third kappa shape index (κ3) is 2.10. The second-order valence-corrected chi connectivity index (χ2v) is 9.95. The number of hydrogen-bond acceptors (Lipinski definition) is 3. The van der Waals surface area contributed by atoms with Gasteiger partial charge in [0.1, 0.15) is 0 Å². The number of alkyl halides is 1. The van der Waals surface area contributed by atoms with E-state index in [-0.39, 0.29) is 39.7 Å². The van der Waals surface area contributed by atoms with E-state index in [2.05, 4.69) is 35.9 Å². The van der Waals surface area contributed by atoms with Crippen molar-refractivity contribution >= 4 is 21.7 Å². The molecule has 0 saturated heterocycles. The van der Waals surface area contributed by atoms with Gasteiger partial charge in [-0.25, -0.2) is 0 Å². The summed E-state index contributed by atoms with van der Waals surface area (Å²) in [6.45, 7) is 4.44. The Morgan fingerprint density at radius 1 is 1.17 bits per heavy atom. The molecule has 0 amide bonds. The maximum absolute atomic E-state index is 12.7. The van der Waals surface area contributed by atoms with Crippen LogP contribution in [0, 0.1) is 34.5 Å². The monoisotopic (exact) mass is 382 g/mol. The Kier molecular flexibility index (Phi) is 3.65. The molecule has 0 aromatic heterocycles. The summed E-state index contributed by atoms with van der Waals surface area (Å²) < 4.78 is 0. The largest absolute Gasteiger partial charge is 0.393 e. The summed E-state index contributed by atoms with van der Waals surface area (Å²) in [5.41, 5.74) is -0.213. The van der Waals surface area contributed by atoms with Crippen LogP contribution < -0.4 is 0 Å². The molecule has 128 valence electrons. The van der Waals surface area contributed by atoms with Gasteiger partial charge in [0, 0.05) is 5.41 Å². The molecule has 3 saturated carbocycles. The van der Waals surface area contributed by atoms with Crippen molar-refractivity contribution in [1.29, 1.82) is 0 Å². The topological polar surface area (TPSA) is 57.5 Å². The second-order valence-electron chi connectivity index (χ2n) is 8.84. The molecule has 0 heterocycles. The summed E-state index contributed by atoms with van der Waals surface area (Å²) in [6.07, 6.45) is 7.78. The van der Waals surface area contributed by atoms with Gasteiger partial charge in [0.05, 0.1) is 17.0 Å². The van der Waals surface area contributed by atoms with Crippen LogP contribution in [0.1, 0.15) is 46.0 Å². The zero-order valence-corrected chi connectivity index (χ0v) is 15.5. The van der Waals surface area contributed by atoms with E-state index in [4.69, 9.17) is 0 Å². The molecule has 4 aliphatic rings. The molecule has 3 fully saturated rings. The first-order chi connectivity index (χ1) is 10.8. The molecule has 4 heteroatoms. The number of hydrogen-bond donors (Lipinski definition) is 2. The molecule has 2 N–H and O–H groups in total. The molecule has 3 nitrogen and oxygen atoms in total. The molecule has 4 rings (SSSR count). The molecule has 23 heavy (non-hydrogen) atoms. The van der Waals surface area contributed by atoms with Gasteiger partial charge in [-0.2, -0.15) is 0 Å². The lowest BCUT2D eigenvalue weighted by Gasteiger charge is -2.59. The molecule has 0 aromatic carbocycles. The van der Waals surface area contributed by atoms with Crippen LogP contribution in [-0.4, -0.2) is 33.0 Å². The Morgan fingerprint density at radius 3 is 2.65 bits per heavy atom. The van der Waals surface area contributed by atoms with E-state index in [1.807, 2.05) is 6.08 Å². The van der Waals surface area contributed by atoms with E-state index in [1.165, 1.54) is 0 Å². The van der Waals surface area contributed by atoms with Crippen LogP contribution in [0.2, 0.25) is 0 Å². The number of carbonyl (C=O) groups excluding carboxylic acids is 1. The summed E-state index contributed by atoms with van der Waals surface area (Å²) in [4.78, 5) is 12.6. The quantitative estimate of drug-likeness (QED) is 0.499. The highest BCUT2D eigenvalue weighted by Crippen LogP contribution is 2.64. The first kappa shape index (κ1) is 16.3. The van der Waals surface area contributed by atoms with Gasteiger partial charge in [0.15, 0.2) is 5.78 Å². The first-order valence-electron chi connectivity index (χ1n) is 9.01. The second kappa shape index (κ2) is 5.15. The lowest BCUT2D eigenvalue weighted by molar-refractivity contribution is -0.150. The smallest absolute Gasteiger partial charge is 0.152 e. The molecule has 0 aliphatic heterocycles. The van der Waals surface area contributed by atoms with Crippen LogP contribution in [0.3, 0.4) is 0 Å². The van der Waals surface area contributed by atoms with Crippen LogP contribution >= 0.6 is 15.9 Å². The van der Waals surface area contributed by atoms with Gasteiger partial charge < -0.3 is 10.2 Å². The fourth-order valence-corrected chi connectivity index (χ4v) is 7.44. The highest BCUT2D eigenvalue weighted by molar-refractivity contribution is 9.10. The number of Topliss-reactive ketones (excluding diaryl/α,β-unsaturated/α-hetero) is 1. The summed E-state index contributed by atoms with van der Waals surface area (Å²) in [7, 11) is 0.